The third kappa shape index (κ3) is 3.75. The summed E-state index contributed by atoms with van der Waals surface area (Å²) in [5, 5.41) is 13.1. The van der Waals surface area contributed by atoms with E-state index >= 15 is 0 Å². The molecule has 3 atom stereocenters. The van der Waals surface area contributed by atoms with Crippen molar-refractivity contribution in [3.8, 4) is 0 Å². The van der Waals surface area contributed by atoms with Crippen molar-refractivity contribution < 1.29 is 19.1 Å². The Morgan fingerprint density at radius 3 is 2.96 bits per heavy atom. The molecule has 2 N–H and O–H groups in total. The lowest BCUT2D eigenvalue weighted by molar-refractivity contribution is -0.137. The lowest BCUT2D eigenvalue weighted by atomic mass is 10.0. The third-order valence-corrected chi connectivity index (χ3v) is 4.82. The Labute approximate surface area is 135 Å². The fourth-order valence-electron chi connectivity index (χ4n) is 3.57. The largest absolute Gasteiger partial charge is 0.467 e. The summed E-state index contributed by atoms with van der Waals surface area (Å²) < 4.78 is 5.27. The van der Waals surface area contributed by atoms with Crippen LogP contribution in [-0.2, 0) is 9.59 Å². The number of carbonyl (C=O) groups is 2. The highest BCUT2D eigenvalue weighted by Crippen LogP contribution is 2.28. The molecule has 0 spiro atoms. The first-order chi connectivity index (χ1) is 11.1. The van der Waals surface area contributed by atoms with E-state index in [0.717, 1.165) is 25.7 Å². The first-order valence-electron chi connectivity index (χ1n) is 8.46. The van der Waals surface area contributed by atoms with Gasteiger partial charge in [0.1, 0.15) is 17.9 Å². The number of aliphatic hydroxyl groups excluding tert-OH is 1. The lowest BCUT2D eigenvalue weighted by Gasteiger charge is -2.33. The Morgan fingerprint density at radius 2 is 2.26 bits per heavy atom. The molecule has 6 heteroatoms. The normalized spacial score (nSPS) is 26.7. The van der Waals surface area contributed by atoms with Crippen molar-refractivity contribution >= 4 is 11.8 Å². The zero-order valence-electron chi connectivity index (χ0n) is 13.2. The quantitative estimate of drug-likeness (QED) is 0.885. The van der Waals surface area contributed by atoms with Crippen molar-refractivity contribution in [3.63, 3.8) is 0 Å². The summed E-state index contributed by atoms with van der Waals surface area (Å²) in [4.78, 5) is 26.0. The molecule has 1 aromatic rings. The van der Waals surface area contributed by atoms with Crippen LogP contribution < -0.4 is 5.32 Å². The zero-order valence-corrected chi connectivity index (χ0v) is 13.2. The van der Waals surface area contributed by atoms with Crippen molar-refractivity contribution in [2.24, 2.45) is 0 Å². The SMILES string of the molecule is O=C1CC[C@H](C(=O)N2CCCCCC2CC(O)c2ccco2)N1. The van der Waals surface area contributed by atoms with Crippen LogP contribution in [0.1, 0.15) is 56.8 Å². The molecule has 0 bridgehead atoms. The molecule has 2 saturated heterocycles. The number of furan rings is 1. The average Bonchev–Trinajstić information content (AvgIpc) is 3.16. The zero-order chi connectivity index (χ0) is 16.2. The first kappa shape index (κ1) is 16.1. The molecule has 3 heterocycles. The summed E-state index contributed by atoms with van der Waals surface area (Å²) >= 11 is 0. The van der Waals surface area contributed by atoms with E-state index in [2.05, 4.69) is 5.32 Å². The summed E-state index contributed by atoms with van der Waals surface area (Å²) in [5.74, 6) is 0.482. The van der Waals surface area contributed by atoms with E-state index in [1.54, 1.807) is 18.4 Å². The van der Waals surface area contributed by atoms with Gasteiger partial charge in [-0.15, -0.1) is 0 Å². The lowest BCUT2D eigenvalue weighted by Crippen LogP contribution is -2.49. The molecule has 3 rings (SSSR count). The summed E-state index contributed by atoms with van der Waals surface area (Å²) in [6.07, 6.45) is 6.30. The van der Waals surface area contributed by atoms with Gasteiger partial charge < -0.3 is 19.7 Å². The van der Waals surface area contributed by atoms with Crippen molar-refractivity contribution in [2.45, 2.75) is 63.1 Å². The highest BCUT2D eigenvalue weighted by Gasteiger charge is 2.35. The van der Waals surface area contributed by atoms with Gasteiger partial charge in [-0.2, -0.15) is 0 Å². The van der Waals surface area contributed by atoms with Gasteiger partial charge in [-0.1, -0.05) is 12.8 Å². The van der Waals surface area contributed by atoms with Gasteiger partial charge in [-0.3, -0.25) is 9.59 Å². The number of hydrogen-bond acceptors (Lipinski definition) is 4. The van der Waals surface area contributed by atoms with Crippen molar-refractivity contribution in [3.05, 3.63) is 24.2 Å². The van der Waals surface area contributed by atoms with E-state index in [9.17, 15) is 14.7 Å². The molecule has 23 heavy (non-hydrogen) atoms. The van der Waals surface area contributed by atoms with Crippen LogP contribution >= 0.6 is 0 Å². The molecule has 2 amide bonds. The maximum absolute atomic E-state index is 12.8. The smallest absolute Gasteiger partial charge is 0.245 e. The van der Waals surface area contributed by atoms with E-state index < -0.39 is 12.1 Å². The Balaban J connectivity index is 1.69. The second kappa shape index (κ2) is 7.17. The Hall–Kier alpha value is -1.82. The molecule has 0 aliphatic carbocycles. The van der Waals surface area contributed by atoms with Crippen molar-refractivity contribution in [2.75, 3.05) is 6.54 Å². The summed E-state index contributed by atoms with van der Waals surface area (Å²) in [5.41, 5.74) is 0. The van der Waals surface area contributed by atoms with E-state index in [0.29, 0.717) is 31.6 Å². The van der Waals surface area contributed by atoms with E-state index in [-0.39, 0.29) is 17.9 Å². The molecule has 0 saturated carbocycles. The molecule has 0 aromatic carbocycles. The summed E-state index contributed by atoms with van der Waals surface area (Å²) in [6, 6.07) is 3.10. The maximum Gasteiger partial charge on any atom is 0.245 e. The minimum Gasteiger partial charge on any atom is -0.467 e. The third-order valence-electron chi connectivity index (χ3n) is 4.82. The number of carbonyl (C=O) groups excluding carboxylic acids is 2. The Morgan fingerprint density at radius 1 is 1.39 bits per heavy atom. The van der Waals surface area contributed by atoms with Gasteiger partial charge in [0.15, 0.2) is 0 Å². The molecular formula is C17H24N2O4. The number of likely N-dealkylation sites (tertiary alicyclic amines) is 1. The topological polar surface area (TPSA) is 82.8 Å². The predicted octanol–water partition coefficient (Wildman–Crippen LogP) is 1.75. The van der Waals surface area contributed by atoms with Gasteiger partial charge in [-0.25, -0.2) is 0 Å². The summed E-state index contributed by atoms with van der Waals surface area (Å²) in [6.45, 7) is 0.695. The number of aliphatic hydroxyl groups is 1. The molecular weight excluding hydrogens is 296 g/mol. The van der Waals surface area contributed by atoms with Crippen LogP contribution in [0.5, 0.6) is 0 Å². The molecule has 2 aliphatic rings. The van der Waals surface area contributed by atoms with E-state index in [1.807, 2.05) is 4.90 Å². The second-order valence-corrected chi connectivity index (χ2v) is 6.46. The fraction of sp³-hybridized carbons (Fsp3) is 0.647. The van der Waals surface area contributed by atoms with Crippen LogP contribution in [0.3, 0.4) is 0 Å². The number of amides is 2. The molecule has 1 aromatic heterocycles. The molecule has 0 radical (unpaired) electrons. The fourth-order valence-corrected chi connectivity index (χ4v) is 3.57. The van der Waals surface area contributed by atoms with Crippen LogP contribution in [0.25, 0.3) is 0 Å². The van der Waals surface area contributed by atoms with Crippen LogP contribution in [0.15, 0.2) is 22.8 Å². The monoisotopic (exact) mass is 320 g/mol. The minimum atomic E-state index is -0.707. The summed E-state index contributed by atoms with van der Waals surface area (Å²) in [7, 11) is 0. The van der Waals surface area contributed by atoms with Gasteiger partial charge in [0.2, 0.25) is 11.8 Å². The Bertz CT molecular complexity index is 543. The number of nitrogens with one attached hydrogen (secondary N) is 1. The van der Waals surface area contributed by atoms with Crippen LogP contribution in [0.4, 0.5) is 0 Å². The van der Waals surface area contributed by atoms with Gasteiger partial charge in [-0.05, 0) is 31.4 Å². The van der Waals surface area contributed by atoms with Gasteiger partial charge in [0, 0.05) is 25.4 Å². The standard InChI is InChI=1S/C17H24N2O4/c20-14(15-6-4-10-23-15)11-12-5-2-1-3-9-19(12)17(22)13-7-8-16(21)18-13/h4,6,10,12-14,20H,1-3,5,7-9,11H2,(H,18,21)/t12?,13-,14?/m1/s1. The molecule has 2 fully saturated rings. The van der Waals surface area contributed by atoms with Crippen molar-refractivity contribution in [1.82, 2.24) is 10.2 Å². The van der Waals surface area contributed by atoms with E-state index in [4.69, 9.17) is 4.42 Å². The Kier molecular flexibility index (Phi) is 5.00. The van der Waals surface area contributed by atoms with Crippen LogP contribution in [0.2, 0.25) is 0 Å². The average molecular weight is 320 g/mol. The van der Waals surface area contributed by atoms with E-state index in [1.165, 1.54) is 0 Å². The van der Waals surface area contributed by atoms with Gasteiger partial charge >= 0.3 is 0 Å². The van der Waals surface area contributed by atoms with Gasteiger partial charge in [0.05, 0.1) is 6.26 Å². The van der Waals surface area contributed by atoms with Gasteiger partial charge in [0.25, 0.3) is 0 Å². The number of rotatable bonds is 4. The number of nitrogens with zero attached hydrogens (tertiary/aromatic N) is 1. The second-order valence-electron chi connectivity index (χ2n) is 6.46. The van der Waals surface area contributed by atoms with Crippen molar-refractivity contribution in [1.29, 1.82) is 0 Å². The predicted molar refractivity (Wildman–Crippen MR) is 83.4 cm³/mol. The molecule has 126 valence electrons. The minimum absolute atomic E-state index is 0.00519. The maximum atomic E-state index is 12.8. The van der Waals surface area contributed by atoms with Crippen LogP contribution in [-0.4, -0.2) is 40.4 Å². The number of hydrogen-bond donors (Lipinski definition) is 2. The molecule has 2 unspecified atom stereocenters. The molecule has 2 aliphatic heterocycles. The highest BCUT2D eigenvalue weighted by molar-refractivity contribution is 5.91. The van der Waals surface area contributed by atoms with Crippen LogP contribution in [0, 0.1) is 0 Å². The first-order valence-corrected chi connectivity index (χ1v) is 8.46. The highest BCUT2D eigenvalue weighted by atomic mass is 16.4. The molecule has 6 nitrogen and oxygen atoms in total.